The average molecular weight is 518 g/mol. The van der Waals surface area contributed by atoms with E-state index in [1.807, 2.05) is 25.1 Å². The number of benzene rings is 1. The van der Waals surface area contributed by atoms with Gasteiger partial charge in [0.1, 0.15) is 17.7 Å². The second-order valence-electron chi connectivity index (χ2n) is 10.7. The molecule has 0 spiro atoms. The molecule has 5 rings (SSSR count). The summed E-state index contributed by atoms with van der Waals surface area (Å²) in [5.41, 5.74) is -0.196. The van der Waals surface area contributed by atoms with Crippen LogP contribution < -0.4 is 14.4 Å². The molecular formula is C26H32FN3O5S. The molecule has 1 saturated heterocycles. The van der Waals surface area contributed by atoms with Crippen molar-refractivity contribution in [2.24, 2.45) is 0 Å². The zero-order valence-electron chi connectivity index (χ0n) is 20.5. The predicted octanol–water partition coefficient (Wildman–Crippen LogP) is 3.37. The maximum Gasteiger partial charge on any atom is 0.281 e. The van der Waals surface area contributed by atoms with Gasteiger partial charge < -0.3 is 14.7 Å². The van der Waals surface area contributed by atoms with Crippen molar-refractivity contribution in [3.05, 3.63) is 47.5 Å². The summed E-state index contributed by atoms with van der Waals surface area (Å²) in [6, 6.07) is 10.4. The largest absolute Gasteiger partial charge is 0.477 e. The van der Waals surface area contributed by atoms with E-state index < -0.39 is 33.3 Å². The molecule has 2 N–H and O–H groups in total. The fourth-order valence-electron chi connectivity index (χ4n) is 5.07. The molecule has 0 atom stereocenters. The van der Waals surface area contributed by atoms with Crippen molar-refractivity contribution in [1.82, 2.24) is 9.71 Å². The molecule has 1 aromatic heterocycles. The van der Waals surface area contributed by atoms with E-state index in [4.69, 9.17) is 4.74 Å². The number of ether oxygens (including phenoxy) is 1. The first-order valence-electron chi connectivity index (χ1n) is 12.4. The van der Waals surface area contributed by atoms with E-state index in [1.165, 1.54) is 6.07 Å². The summed E-state index contributed by atoms with van der Waals surface area (Å²) in [6.45, 7) is 4.32. The van der Waals surface area contributed by atoms with Crippen LogP contribution in [0.3, 0.4) is 0 Å². The number of aliphatic hydroxyl groups is 1. The zero-order valence-corrected chi connectivity index (χ0v) is 21.4. The topological polar surface area (TPSA) is 109 Å². The van der Waals surface area contributed by atoms with Crippen LogP contribution in [0.25, 0.3) is 0 Å². The van der Waals surface area contributed by atoms with Crippen LogP contribution in [0, 0.1) is 6.92 Å². The number of amides is 1. The standard InChI is InChI=1S/C26H32FN3O5S/c1-17-6-11-20(18-7-9-19(27)10-8-18)21(14-17)35-26(12-13-26)24(31)29-36(33,34)23-5-3-4-22(28-23)30-15-25(2,32)16-30/h3-6,11,14,18-19,32H,7-10,12-13,15-16H2,1-2H3,(H,29,31). The highest BCUT2D eigenvalue weighted by molar-refractivity contribution is 7.90. The Balaban J connectivity index is 1.31. The number of carbonyl (C=O) groups is 1. The van der Waals surface area contributed by atoms with Crippen LogP contribution in [0.4, 0.5) is 10.2 Å². The van der Waals surface area contributed by atoms with Gasteiger partial charge in [0.05, 0.1) is 5.60 Å². The Morgan fingerprint density at radius 2 is 1.86 bits per heavy atom. The van der Waals surface area contributed by atoms with Crippen LogP contribution >= 0.6 is 0 Å². The molecule has 2 aliphatic carbocycles. The number of pyridine rings is 1. The van der Waals surface area contributed by atoms with Crippen molar-refractivity contribution in [2.75, 3.05) is 18.0 Å². The molecule has 8 nitrogen and oxygen atoms in total. The fourth-order valence-corrected chi connectivity index (χ4v) is 6.07. The number of nitrogens with zero attached hydrogens (tertiary/aromatic N) is 2. The van der Waals surface area contributed by atoms with Gasteiger partial charge in [-0.25, -0.2) is 14.1 Å². The molecule has 1 aromatic carbocycles. The average Bonchev–Trinajstić information content (AvgIpc) is 3.59. The van der Waals surface area contributed by atoms with E-state index in [-0.39, 0.29) is 10.9 Å². The van der Waals surface area contributed by atoms with Gasteiger partial charge in [-0.2, -0.15) is 8.42 Å². The molecule has 2 heterocycles. The molecule has 0 bridgehead atoms. The van der Waals surface area contributed by atoms with Gasteiger partial charge in [-0.05, 0) is 74.8 Å². The smallest absolute Gasteiger partial charge is 0.281 e. The number of sulfonamides is 1. The first kappa shape index (κ1) is 25.0. The lowest BCUT2D eigenvalue weighted by Crippen LogP contribution is -2.60. The minimum Gasteiger partial charge on any atom is -0.477 e. The molecule has 3 fully saturated rings. The Kier molecular flexibility index (Phi) is 6.23. The second-order valence-corrected chi connectivity index (χ2v) is 12.3. The first-order chi connectivity index (χ1) is 17.0. The fraction of sp³-hybridized carbons (Fsp3) is 0.538. The van der Waals surface area contributed by atoms with E-state index in [0.29, 0.717) is 63.2 Å². The number of nitrogens with one attached hydrogen (secondary N) is 1. The summed E-state index contributed by atoms with van der Waals surface area (Å²) in [4.78, 5) is 19.1. The number of hydrogen-bond donors (Lipinski definition) is 2. The number of halogens is 1. The summed E-state index contributed by atoms with van der Waals surface area (Å²) in [6.07, 6.45) is 2.45. The second kappa shape index (κ2) is 8.99. The molecular weight excluding hydrogens is 485 g/mol. The monoisotopic (exact) mass is 517 g/mol. The number of hydrogen-bond acceptors (Lipinski definition) is 7. The van der Waals surface area contributed by atoms with Crippen LogP contribution in [0.15, 0.2) is 41.4 Å². The molecule has 2 saturated carbocycles. The Bertz CT molecular complexity index is 1260. The van der Waals surface area contributed by atoms with Crippen molar-refractivity contribution in [2.45, 2.75) is 80.7 Å². The Morgan fingerprint density at radius 3 is 2.50 bits per heavy atom. The zero-order chi connectivity index (χ0) is 25.7. The van der Waals surface area contributed by atoms with Gasteiger partial charge in [0.25, 0.3) is 15.9 Å². The van der Waals surface area contributed by atoms with Gasteiger partial charge in [0.15, 0.2) is 10.6 Å². The number of aromatic nitrogens is 1. The maximum atomic E-state index is 13.7. The SMILES string of the molecule is Cc1ccc(C2CCC(F)CC2)c(OC2(C(=O)NS(=O)(=O)c3cccc(N4CC(C)(O)C4)n3)CC2)c1. The molecule has 36 heavy (non-hydrogen) atoms. The maximum absolute atomic E-state index is 13.7. The molecule has 0 unspecified atom stereocenters. The van der Waals surface area contributed by atoms with Crippen molar-refractivity contribution >= 4 is 21.7 Å². The number of alkyl halides is 1. The van der Waals surface area contributed by atoms with Gasteiger partial charge in [-0.1, -0.05) is 18.2 Å². The number of β-amino-alcohol motifs (C(OH)–C–C–N with tert-alkyl or cyclic N) is 1. The van der Waals surface area contributed by atoms with Crippen molar-refractivity contribution in [3.8, 4) is 5.75 Å². The van der Waals surface area contributed by atoms with Gasteiger partial charge in [-0.15, -0.1) is 0 Å². The third kappa shape index (κ3) is 5.06. The van der Waals surface area contributed by atoms with Crippen LogP contribution in [0.2, 0.25) is 0 Å². The highest BCUT2D eigenvalue weighted by Gasteiger charge is 2.54. The van der Waals surface area contributed by atoms with Crippen molar-refractivity contribution < 1.29 is 27.4 Å². The van der Waals surface area contributed by atoms with Gasteiger partial charge in [0.2, 0.25) is 0 Å². The summed E-state index contributed by atoms with van der Waals surface area (Å²) in [5, 5.41) is 9.70. The summed E-state index contributed by atoms with van der Waals surface area (Å²) < 4.78 is 48.1. The Hall–Kier alpha value is -2.72. The van der Waals surface area contributed by atoms with E-state index in [1.54, 1.807) is 24.0 Å². The van der Waals surface area contributed by atoms with Gasteiger partial charge in [-0.3, -0.25) is 4.79 Å². The van der Waals surface area contributed by atoms with Crippen molar-refractivity contribution in [3.63, 3.8) is 0 Å². The van der Waals surface area contributed by atoms with Gasteiger partial charge >= 0.3 is 0 Å². The number of anilines is 1. The van der Waals surface area contributed by atoms with Crippen LogP contribution in [-0.4, -0.2) is 54.9 Å². The minimum absolute atomic E-state index is 0.143. The lowest BCUT2D eigenvalue weighted by molar-refractivity contribution is -0.128. The van der Waals surface area contributed by atoms with Gasteiger partial charge in [0, 0.05) is 25.9 Å². The van der Waals surface area contributed by atoms with Crippen LogP contribution in [0.1, 0.15) is 62.5 Å². The highest BCUT2D eigenvalue weighted by atomic mass is 32.2. The summed E-state index contributed by atoms with van der Waals surface area (Å²) in [5.74, 6) is 0.403. The molecule has 194 valence electrons. The van der Waals surface area contributed by atoms with E-state index >= 15 is 0 Å². The predicted molar refractivity (Wildman–Crippen MR) is 132 cm³/mol. The normalized spacial score (nSPS) is 24.5. The molecule has 1 amide bonds. The van der Waals surface area contributed by atoms with Crippen LogP contribution in [0.5, 0.6) is 5.75 Å². The third-order valence-corrected chi connectivity index (χ3v) is 8.52. The van der Waals surface area contributed by atoms with Crippen molar-refractivity contribution in [1.29, 1.82) is 0 Å². The molecule has 0 radical (unpaired) electrons. The van der Waals surface area contributed by atoms with Crippen LogP contribution in [-0.2, 0) is 14.8 Å². The van der Waals surface area contributed by atoms with E-state index in [0.717, 1.165) is 11.1 Å². The molecule has 1 aliphatic heterocycles. The first-order valence-corrected chi connectivity index (χ1v) is 13.9. The Morgan fingerprint density at radius 1 is 1.17 bits per heavy atom. The molecule has 3 aliphatic rings. The number of carbonyl (C=O) groups excluding carboxylic acids is 1. The number of aryl methyl sites for hydroxylation is 1. The lowest BCUT2D eigenvalue weighted by Gasteiger charge is -2.44. The summed E-state index contributed by atoms with van der Waals surface area (Å²) >= 11 is 0. The third-order valence-electron chi connectivity index (χ3n) is 7.29. The lowest BCUT2D eigenvalue weighted by atomic mass is 9.82. The number of rotatable bonds is 7. The van der Waals surface area contributed by atoms with E-state index in [9.17, 15) is 22.7 Å². The Labute approximate surface area is 210 Å². The molecule has 10 heteroatoms. The molecule has 2 aromatic rings. The minimum atomic E-state index is -4.23. The quantitative estimate of drug-likeness (QED) is 0.580. The highest BCUT2D eigenvalue weighted by Crippen LogP contribution is 2.45. The summed E-state index contributed by atoms with van der Waals surface area (Å²) in [7, 11) is -4.23. The van der Waals surface area contributed by atoms with E-state index in [2.05, 4.69) is 9.71 Å².